The van der Waals surface area contributed by atoms with E-state index in [9.17, 15) is 0 Å². The Kier molecular flexibility index (Phi) is 4.67. The Balaban J connectivity index is 2.24. The highest BCUT2D eigenvalue weighted by atomic mass is 16.3. The van der Waals surface area contributed by atoms with Crippen molar-refractivity contribution in [1.82, 2.24) is 0 Å². The molecule has 0 spiro atoms. The lowest BCUT2D eigenvalue weighted by Gasteiger charge is -2.12. The Bertz CT molecular complexity index is 112. The maximum absolute atomic E-state index is 9.03. The van der Waals surface area contributed by atoms with Gasteiger partial charge in [-0.1, -0.05) is 39.0 Å². The van der Waals surface area contributed by atoms with E-state index in [1.807, 2.05) is 0 Å². The van der Waals surface area contributed by atoms with Crippen molar-refractivity contribution in [2.45, 2.75) is 51.9 Å². The zero-order valence-electron chi connectivity index (χ0n) is 8.26. The molecule has 12 heavy (non-hydrogen) atoms. The summed E-state index contributed by atoms with van der Waals surface area (Å²) in [6.45, 7) is 2.69. The first-order valence-electron chi connectivity index (χ1n) is 5.47. The monoisotopic (exact) mass is 170 g/mol. The van der Waals surface area contributed by atoms with E-state index in [0.29, 0.717) is 12.5 Å². The van der Waals surface area contributed by atoms with Crippen molar-refractivity contribution in [2.24, 2.45) is 11.8 Å². The Morgan fingerprint density at radius 1 is 1.08 bits per heavy atom. The highest BCUT2D eigenvalue weighted by molar-refractivity contribution is 4.69. The minimum atomic E-state index is 0.416. The number of aliphatic hydroxyl groups excluding tert-OH is 1. The maximum atomic E-state index is 9.03. The highest BCUT2D eigenvalue weighted by Gasteiger charge is 2.17. The number of rotatable bonds is 3. The van der Waals surface area contributed by atoms with Crippen LogP contribution in [0, 0.1) is 11.8 Å². The Morgan fingerprint density at radius 2 is 1.75 bits per heavy atom. The number of aliphatic hydroxyl groups is 1. The van der Waals surface area contributed by atoms with Crippen molar-refractivity contribution in [3.05, 3.63) is 0 Å². The largest absolute Gasteiger partial charge is 0.396 e. The van der Waals surface area contributed by atoms with E-state index in [1.54, 1.807) is 0 Å². The predicted octanol–water partition coefficient (Wildman–Crippen LogP) is 2.98. The van der Waals surface area contributed by atoms with Crippen LogP contribution in [0.5, 0.6) is 0 Å². The molecule has 1 aliphatic carbocycles. The van der Waals surface area contributed by atoms with Crippen LogP contribution in [0.15, 0.2) is 0 Å². The molecule has 72 valence electrons. The maximum Gasteiger partial charge on any atom is 0.0459 e. The van der Waals surface area contributed by atoms with Gasteiger partial charge in [-0.2, -0.15) is 0 Å². The first kappa shape index (κ1) is 10.0. The van der Waals surface area contributed by atoms with Crippen LogP contribution in [0.1, 0.15) is 51.9 Å². The van der Waals surface area contributed by atoms with Gasteiger partial charge in [0.05, 0.1) is 0 Å². The fourth-order valence-corrected chi connectivity index (χ4v) is 2.33. The van der Waals surface area contributed by atoms with Gasteiger partial charge >= 0.3 is 0 Å². The molecule has 1 aliphatic rings. The van der Waals surface area contributed by atoms with E-state index >= 15 is 0 Å². The summed E-state index contributed by atoms with van der Waals surface area (Å²) >= 11 is 0. The van der Waals surface area contributed by atoms with Crippen LogP contribution < -0.4 is 0 Å². The molecule has 0 radical (unpaired) electrons. The van der Waals surface area contributed by atoms with Crippen LogP contribution in [0.4, 0.5) is 0 Å². The molecule has 0 aromatic rings. The summed E-state index contributed by atoms with van der Waals surface area (Å²) < 4.78 is 0. The molecule has 1 saturated carbocycles. The fraction of sp³-hybridized carbons (Fsp3) is 1.00. The van der Waals surface area contributed by atoms with Crippen molar-refractivity contribution < 1.29 is 5.11 Å². The summed E-state index contributed by atoms with van der Waals surface area (Å²) in [5.74, 6) is 1.58. The van der Waals surface area contributed by atoms with Crippen LogP contribution >= 0.6 is 0 Å². The van der Waals surface area contributed by atoms with Crippen LogP contribution in [-0.4, -0.2) is 11.7 Å². The van der Waals surface area contributed by atoms with E-state index in [1.165, 1.54) is 44.9 Å². The molecule has 0 bridgehead atoms. The second kappa shape index (κ2) is 5.58. The smallest absolute Gasteiger partial charge is 0.0459 e. The van der Waals surface area contributed by atoms with E-state index in [-0.39, 0.29) is 0 Å². The third kappa shape index (κ3) is 3.14. The van der Waals surface area contributed by atoms with Crippen molar-refractivity contribution in [3.63, 3.8) is 0 Å². The third-order valence-corrected chi connectivity index (χ3v) is 3.16. The van der Waals surface area contributed by atoms with Gasteiger partial charge in [-0.3, -0.25) is 0 Å². The van der Waals surface area contributed by atoms with Gasteiger partial charge in [0.15, 0.2) is 0 Å². The average molecular weight is 170 g/mol. The zero-order chi connectivity index (χ0) is 8.81. The van der Waals surface area contributed by atoms with Crippen molar-refractivity contribution in [3.8, 4) is 0 Å². The summed E-state index contributed by atoms with van der Waals surface area (Å²) in [7, 11) is 0. The molecular weight excluding hydrogens is 148 g/mol. The molecule has 1 N–H and O–H groups in total. The standard InChI is InChI=1S/C11H22O/c1-2-4-10-5-3-6-11(9-12)8-7-10/h10-12H,2-9H2,1H3. The second-order valence-corrected chi connectivity index (χ2v) is 4.21. The molecule has 0 heterocycles. The lowest BCUT2D eigenvalue weighted by Crippen LogP contribution is -2.04. The van der Waals surface area contributed by atoms with Crippen LogP contribution in [0.25, 0.3) is 0 Å². The molecule has 2 unspecified atom stereocenters. The first-order valence-corrected chi connectivity index (χ1v) is 5.47. The van der Waals surface area contributed by atoms with Gasteiger partial charge < -0.3 is 5.11 Å². The van der Waals surface area contributed by atoms with Gasteiger partial charge in [0.1, 0.15) is 0 Å². The van der Waals surface area contributed by atoms with Crippen LogP contribution in [0.3, 0.4) is 0 Å². The normalized spacial score (nSPS) is 31.5. The van der Waals surface area contributed by atoms with E-state index in [0.717, 1.165) is 5.92 Å². The lowest BCUT2D eigenvalue weighted by atomic mass is 9.95. The first-order chi connectivity index (χ1) is 5.86. The van der Waals surface area contributed by atoms with Crippen LogP contribution in [0.2, 0.25) is 0 Å². The number of hydrogen-bond acceptors (Lipinski definition) is 1. The number of hydrogen-bond donors (Lipinski definition) is 1. The molecule has 0 saturated heterocycles. The van der Waals surface area contributed by atoms with Crippen molar-refractivity contribution in [1.29, 1.82) is 0 Å². The Labute approximate surface area is 76.2 Å². The highest BCUT2D eigenvalue weighted by Crippen LogP contribution is 2.29. The molecule has 0 amide bonds. The minimum Gasteiger partial charge on any atom is -0.396 e. The average Bonchev–Trinajstić information content (AvgIpc) is 2.31. The summed E-state index contributed by atoms with van der Waals surface area (Å²) in [6, 6.07) is 0. The van der Waals surface area contributed by atoms with Gasteiger partial charge in [0.2, 0.25) is 0 Å². The molecule has 2 atom stereocenters. The summed E-state index contributed by atoms with van der Waals surface area (Å²) in [6.07, 6.45) is 9.36. The minimum absolute atomic E-state index is 0.416. The zero-order valence-corrected chi connectivity index (χ0v) is 8.26. The second-order valence-electron chi connectivity index (χ2n) is 4.21. The van der Waals surface area contributed by atoms with Gasteiger partial charge in [0, 0.05) is 6.61 Å². The van der Waals surface area contributed by atoms with Gasteiger partial charge in [0.25, 0.3) is 0 Å². The summed E-state index contributed by atoms with van der Waals surface area (Å²) in [5.41, 5.74) is 0. The molecule has 1 fully saturated rings. The SMILES string of the molecule is CCCC1CCCC(CO)CC1. The molecule has 0 aromatic carbocycles. The quantitative estimate of drug-likeness (QED) is 0.646. The molecule has 1 heteroatoms. The van der Waals surface area contributed by atoms with Gasteiger partial charge in [-0.25, -0.2) is 0 Å². The molecule has 0 aromatic heterocycles. The molecule has 1 rings (SSSR count). The molecule has 1 nitrogen and oxygen atoms in total. The lowest BCUT2D eigenvalue weighted by molar-refractivity contribution is 0.211. The van der Waals surface area contributed by atoms with Crippen LogP contribution in [-0.2, 0) is 0 Å². The third-order valence-electron chi connectivity index (χ3n) is 3.16. The molecular formula is C11H22O. The predicted molar refractivity (Wildman–Crippen MR) is 52.1 cm³/mol. The van der Waals surface area contributed by atoms with E-state index in [4.69, 9.17) is 5.11 Å². The van der Waals surface area contributed by atoms with Gasteiger partial charge in [-0.15, -0.1) is 0 Å². The van der Waals surface area contributed by atoms with Crippen molar-refractivity contribution >= 4 is 0 Å². The Hall–Kier alpha value is -0.0400. The summed E-state index contributed by atoms with van der Waals surface area (Å²) in [5, 5.41) is 9.03. The topological polar surface area (TPSA) is 20.2 Å². The van der Waals surface area contributed by atoms with Gasteiger partial charge in [-0.05, 0) is 24.7 Å². The van der Waals surface area contributed by atoms with Crippen molar-refractivity contribution in [2.75, 3.05) is 6.61 Å². The fourth-order valence-electron chi connectivity index (χ4n) is 2.33. The Morgan fingerprint density at radius 3 is 2.42 bits per heavy atom. The van der Waals surface area contributed by atoms with E-state index in [2.05, 4.69) is 6.92 Å². The van der Waals surface area contributed by atoms with E-state index < -0.39 is 0 Å². The summed E-state index contributed by atoms with van der Waals surface area (Å²) in [4.78, 5) is 0. The molecule has 0 aliphatic heterocycles.